The Balaban J connectivity index is 0.000000321. The van der Waals surface area contributed by atoms with Crippen molar-refractivity contribution in [2.75, 3.05) is 0 Å². The summed E-state index contributed by atoms with van der Waals surface area (Å²) < 4.78 is 0. The maximum Gasteiger partial charge on any atom is 0.0626 e. The molecule has 0 saturated carbocycles. The monoisotopic (exact) mass is 322 g/mol. The minimum Gasteiger partial charge on any atom is -0.392 e. The van der Waals surface area contributed by atoms with Crippen molar-refractivity contribution in [3.63, 3.8) is 0 Å². The Kier molecular flexibility index (Phi) is 10.0. The third kappa shape index (κ3) is 5.76. The molecule has 0 amide bonds. The van der Waals surface area contributed by atoms with Crippen LogP contribution < -0.4 is 0 Å². The molecule has 2 saturated heterocycles. The van der Waals surface area contributed by atoms with E-state index in [0.717, 1.165) is 5.66 Å². The fourth-order valence-corrected chi connectivity index (χ4v) is 3.49. The molecule has 0 aromatic carbocycles. The van der Waals surface area contributed by atoms with Gasteiger partial charge in [0.05, 0.1) is 6.10 Å². The minimum absolute atomic E-state index is 0. The molecular weight excluding hydrogens is 302 g/mol. The van der Waals surface area contributed by atoms with Crippen molar-refractivity contribution in [1.82, 2.24) is 0 Å². The molecule has 1 nitrogen and oxygen atoms in total. The second-order valence-electron chi connectivity index (χ2n) is 4.40. The molecule has 0 spiro atoms. The van der Waals surface area contributed by atoms with Gasteiger partial charge in [0.15, 0.2) is 0 Å². The summed E-state index contributed by atoms with van der Waals surface area (Å²) in [5.41, 5.74) is 1.15. The first-order valence-electron chi connectivity index (χ1n) is 5.74. The van der Waals surface area contributed by atoms with Crippen LogP contribution in [0.1, 0.15) is 34.6 Å². The van der Waals surface area contributed by atoms with E-state index in [1.165, 1.54) is 40.8 Å². The van der Waals surface area contributed by atoms with Crippen LogP contribution in [0.15, 0.2) is 0 Å². The first-order valence-corrected chi connectivity index (χ1v) is 7.73. The van der Waals surface area contributed by atoms with Crippen molar-refractivity contribution in [3.8, 4) is 0 Å². The summed E-state index contributed by atoms with van der Waals surface area (Å²) in [6.45, 7) is 10.3. The normalized spacial score (nSPS) is 27.0. The second kappa shape index (κ2) is 9.31. The third-order valence-corrected chi connectivity index (χ3v) is 5.50. The van der Waals surface area contributed by atoms with Crippen molar-refractivity contribution in [2.45, 2.75) is 40.7 Å². The summed E-state index contributed by atoms with van der Waals surface area (Å²) >= 11 is 0. The van der Waals surface area contributed by atoms with Gasteiger partial charge in [0.25, 0.3) is 0 Å². The summed E-state index contributed by atoms with van der Waals surface area (Å²) in [6, 6.07) is 0. The van der Waals surface area contributed by atoms with Gasteiger partial charge in [-0.25, -0.2) is 0 Å². The Hall–Kier alpha value is 1.34. The van der Waals surface area contributed by atoms with E-state index >= 15 is 0 Å². The van der Waals surface area contributed by atoms with E-state index in [0.29, 0.717) is 0 Å². The van der Waals surface area contributed by atoms with Crippen LogP contribution in [0.2, 0.25) is 0 Å². The van der Waals surface area contributed by atoms with Gasteiger partial charge >= 0.3 is 0 Å². The number of aliphatic hydroxyl groups excluding tert-OH is 1. The van der Waals surface area contributed by atoms with Crippen LogP contribution in [0.3, 0.4) is 0 Å². The van der Waals surface area contributed by atoms with Crippen LogP contribution in [0.4, 0.5) is 0 Å². The van der Waals surface area contributed by atoms with E-state index in [2.05, 4.69) is 46.2 Å². The van der Waals surface area contributed by atoms with Crippen molar-refractivity contribution in [2.24, 2.45) is 0 Å². The average molecular weight is 322 g/mol. The molecule has 0 aromatic heterocycles. The molecule has 0 aliphatic carbocycles. The zero-order valence-corrected chi connectivity index (χ0v) is 14.4. The smallest absolute Gasteiger partial charge is 0.0626 e. The first kappa shape index (κ1) is 19.3. The maximum atomic E-state index is 9.24. The predicted octanol–water partition coefficient (Wildman–Crippen LogP) is 4.67. The molecule has 0 bridgehead atoms. The van der Waals surface area contributed by atoms with Crippen LogP contribution in [0.25, 0.3) is 0 Å². The van der Waals surface area contributed by atoms with E-state index in [9.17, 15) is 5.11 Å². The summed E-state index contributed by atoms with van der Waals surface area (Å²) in [5, 5.41) is 9.24. The van der Waals surface area contributed by atoms with Crippen LogP contribution in [-0.4, -0.2) is 11.2 Å². The van der Waals surface area contributed by atoms with Crippen molar-refractivity contribution in [3.05, 3.63) is 47.8 Å². The Morgan fingerprint density at radius 3 is 1.61 bits per heavy atom. The number of aliphatic hydroxyl groups is 1. The molecule has 0 aromatic rings. The summed E-state index contributed by atoms with van der Waals surface area (Å²) in [6.07, 6.45) is 6.29. The summed E-state index contributed by atoms with van der Waals surface area (Å²) in [7, 11) is 2.53. The Bertz CT molecular complexity index is 218. The molecule has 2 heterocycles. The van der Waals surface area contributed by atoms with Gasteiger partial charge in [-0.2, -0.15) is 0 Å². The third-order valence-electron chi connectivity index (χ3n) is 2.93. The Morgan fingerprint density at radius 1 is 0.944 bits per heavy atom. The number of rotatable bonds is 1. The van der Waals surface area contributed by atoms with Crippen LogP contribution in [0, 0.1) is 47.8 Å². The molecule has 2 aliphatic rings. The fraction of sp³-hybridized carbons (Fsp3) is 0.429. The van der Waals surface area contributed by atoms with Gasteiger partial charge in [0.1, 0.15) is 0 Å². The van der Waals surface area contributed by atoms with Gasteiger partial charge < -0.3 is 5.11 Å². The molecular formula is C14H20FeOP2. The molecule has 1 atom stereocenters. The van der Waals surface area contributed by atoms with Crippen LogP contribution >= 0.6 is 17.2 Å². The van der Waals surface area contributed by atoms with Gasteiger partial charge in [-0.1, -0.05) is 44.9 Å². The number of hydrogen-bond donors (Lipinski definition) is 1. The molecule has 2 fully saturated rings. The van der Waals surface area contributed by atoms with Gasteiger partial charge in [0.2, 0.25) is 0 Å². The first-order chi connectivity index (χ1) is 7.93. The Labute approximate surface area is 128 Å². The minimum atomic E-state index is -0.282. The van der Waals surface area contributed by atoms with Crippen molar-refractivity contribution < 1.29 is 22.2 Å². The van der Waals surface area contributed by atoms with Gasteiger partial charge in [0, 0.05) is 22.7 Å². The van der Waals surface area contributed by atoms with E-state index < -0.39 is 0 Å². The van der Waals surface area contributed by atoms with Crippen molar-refractivity contribution >= 4 is 17.2 Å². The molecule has 18 heavy (non-hydrogen) atoms. The van der Waals surface area contributed by atoms with E-state index in [1.54, 1.807) is 0 Å². The van der Waals surface area contributed by atoms with E-state index in [1.807, 2.05) is 6.92 Å². The van der Waals surface area contributed by atoms with Gasteiger partial charge in [-0.15, -0.1) is 0 Å². The zero-order chi connectivity index (χ0) is 13.0. The quantitative estimate of drug-likeness (QED) is 0.550. The second-order valence-corrected chi connectivity index (χ2v) is 6.21. The fourth-order valence-electron chi connectivity index (χ4n) is 1.45. The summed E-state index contributed by atoms with van der Waals surface area (Å²) in [5.74, 6) is 5.43. The predicted molar refractivity (Wildman–Crippen MR) is 77.3 cm³/mol. The van der Waals surface area contributed by atoms with Crippen LogP contribution in [-0.2, 0) is 17.1 Å². The molecule has 2 aliphatic heterocycles. The topological polar surface area (TPSA) is 20.2 Å². The average Bonchev–Trinajstić information content (AvgIpc) is 2.78. The Morgan fingerprint density at radius 2 is 1.44 bits per heavy atom. The molecule has 1 N–H and O–H groups in total. The molecule has 4 heteroatoms. The molecule has 1 unspecified atom stereocenters. The van der Waals surface area contributed by atoms with Gasteiger partial charge in [-0.05, 0) is 49.1 Å². The SMILES string of the molecule is C[C]1[CH][P][CH][C]1C.C[C]1[CH][P][C](C(C)O)[C]1C.[Fe]. The van der Waals surface area contributed by atoms with E-state index in [4.69, 9.17) is 0 Å². The standard InChI is InChI=1S/C8H12OP.C6H8P.Fe/c1-5-4-10-8(6(5)2)7(3)9;1-5-3-7-4-6(5)2;/h4,7,9H,1-3H3;3-4H,1-2H3;. The summed E-state index contributed by atoms with van der Waals surface area (Å²) in [4.78, 5) is 0. The largest absolute Gasteiger partial charge is 0.392 e. The van der Waals surface area contributed by atoms with E-state index in [-0.39, 0.29) is 23.2 Å². The number of hydrogen-bond acceptors (Lipinski definition) is 1. The molecule has 10 radical (unpaired) electrons. The molecule has 100 valence electrons. The zero-order valence-electron chi connectivity index (χ0n) is 11.5. The van der Waals surface area contributed by atoms with Gasteiger partial charge in [-0.3, -0.25) is 0 Å². The molecule has 2 rings (SSSR count). The van der Waals surface area contributed by atoms with Crippen LogP contribution in [0.5, 0.6) is 0 Å². The maximum absolute atomic E-state index is 9.24. The van der Waals surface area contributed by atoms with Crippen molar-refractivity contribution in [1.29, 1.82) is 0 Å².